The van der Waals surface area contributed by atoms with Gasteiger partial charge in [0.2, 0.25) is 0 Å². The fourth-order valence-corrected chi connectivity index (χ4v) is 2.80. The number of hydrogen-bond acceptors (Lipinski definition) is 2. The van der Waals surface area contributed by atoms with Crippen LogP contribution in [0.3, 0.4) is 0 Å². The zero-order chi connectivity index (χ0) is 8.88. The predicted octanol–water partition coefficient (Wildman–Crippen LogP) is 0.920. The van der Waals surface area contributed by atoms with Gasteiger partial charge in [0.05, 0.1) is 0 Å². The molecule has 0 spiro atoms. The van der Waals surface area contributed by atoms with Gasteiger partial charge in [0.15, 0.2) is 0 Å². The lowest BCUT2D eigenvalue weighted by Crippen LogP contribution is -2.54. The van der Waals surface area contributed by atoms with E-state index < -0.39 is 0 Å². The van der Waals surface area contributed by atoms with Crippen LogP contribution in [0.25, 0.3) is 0 Å². The van der Waals surface area contributed by atoms with Gasteiger partial charge in [-0.2, -0.15) is 0 Å². The summed E-state index contributed by atoms with van der Waals surface area (Å²) in [7, 11) is 0. The molecule has 2 heteroatoms. The molecule has 0 aromatic rings. The summed E-state index contributed by atoms with van der Waals surface area (Å²) in [5.41, 5.74) is 6.04. The predicted molar refractivity (Wildman–Crippen MR) is 50.8 cm³/mol. The second kappa shape index (κ2) is 2.71. The molecule has 1 saturated heterocycles. The lowest BCUT2D eigenvalue weighted by atomic mass is 9.64. The zero-order valence-electron chi connectivity index (χ0n) is 8.33. The maximum atomic E-state index is 6.04. The van der Waals surface area contributed by atoms with Crippen LogP contribution in [0.2, 0.25) is 0 Å². The molecule has 3 unspecified atom stereocenters. The minimum Gasteiger partial charge on any atom is -0.327 e. The second-order valence-electron chi connectivity index (χ2n) is 4.81. The van der Waals surface area contributed by atoms with Gasteiger partial charge in [-0.1, -0.05) is 6.92 Å². The number of rotatable bonds is 1. The van der Waals surface area contributed by atoms with Crippen LogP contribution >= 0.6 is 0 Å². The molecule has 2 N–H and O–H groups in total. The third-order valence-electron chi connectivity index (χ3n) is 3.95. The highest BCUT2D eigenvalue weighted by molar-refractivity contribution is 5.04. The highest BCUT2D eigenvalue weighted by atomic mass is 15.2. The molecule has 0 aromatic carbocycles. The first-order valence-electron chi connectivity index (χ1n) is 5.11. The van der Waals surface area contributed by atoms with Gasteiger partial charge in [0.1, 0.15) is 0 Å². The fraction of sp³-hybridized carbons (Fsp3) is 1.00. The van der Waals surface area contributed by atoms with Crippen LogP contribution in [0.1, 0.15) is 20.8 Å². The molecule has 2 fully saturated rings. The Morgan fingerprint density at radius 2 is 1.83 bits per heavy atom. The van der Waals surface area contributed by atoms with Crippen LogP contribution in [0.5, 0.6) is 0 Å². The van der Waals surface area contributed by atoms with E-state index in [0.29, 0.717) is 12.1 Å². The Bertz CT molecular complexity index is 163. The van der Waals surface area contributed by atoms with E-state index in [9.17, 15) is 0 Å². The Balaban J connectivity index is 1.98. The lowest BCUT2D eigenvalue weighted by molar-refractivity contribution is 0.0976. The smallest absolute Gasteiger partial charge is 0.0112 e. The maximum Gasteiger partial charge on any atom is 0.0112 e. The summed E-state index contributed by atoms with van der Waals surface area (Å²) in [5.74, 6) is 2.48. The number of nitrogens with two attached hydrogens (primary N) is 1. The van der Waals surface area contributed by atoms with Gasteiger partial charge >= 0.3 is 0 Å². The average molecular weight is 168 g/mol. The molecule has 70 valence electrons. The van der Waals surface area contributed by atoms with Crippen molar-refractivity contribution in [1.82, 2.24) is 4.90 Å². The van der Waals surface area contributed by atoms with Crippen molar-refractivity contribution in [2.24, 2.45) is 23.5 Å². The third-order valence-corrected chi connectivity index (χ3v) is 3.95. The van der Waals surface area contributed by atoms with E-state index in [2.05, 4.69) is 25.7 Å². The molecular formula is C10H20N2. The topological polar surface area (TPSA) is 29.3 Å². The highest BCUT2D eigenvalue weighted by Crippen LogP contribution is 2.44. The molecule has 1 aliphatic carbocycles. The van der Waals surface area contributed by atoms with Crippen molar-refractivity contribution in [3.63, 3.8) is 0 Å². The first-order valence-corrected chi connectivity index (χ1v) is 5.11. The van der Waals surface area contributed by atoms with E-state index in [-0.39, 0.29) is 0 Å². The van der Waals surface area contributed by atoms with Gasteiger partial charge in [-0.3, -0.25) is 0 Å². The normalized spacial score (nSPS) is 47.8. The van der Waals surface area contributed by atoms with E-state index in [0.717, 1.165) is 17.8 Å². The van der Waals surface area contributed by atoms with Gasteiger partial charge in [0.25, 0.3) is 0 Å². The molecule has 2 rings (SSSR count). The molecule has 0 amide bonds. The SMILES string of the molecule is CC1C2CN(C(C)C)CC2[C@H]1N. The van der Waals surface area contributed by atoms with Gasteiger partial charge in [0, 0.05) is 25.2 Å². The van der Waals surface area contributed by atoms with E-state index in [1.165, 1.54) is 13.1 Å². The molecule has 12 heavy (non-hydrogen) atoms. The average Bonchev–Trinajstić information content (AvgIpc) is 2.43. The quantitative estimate of drug-likeness (QED) is 0.631. The first kappa shape index (κ1) is 8.52. The Labute approximate surface area is 75.1 Å². The van der Waals surface area contributed by atoms with Gasteiger partial charge in [-0.25, -0.2) is 0 Å². The van der Waals surface area contributed by atoms with E-state index >= 15 is 0 Å². The summed E-state index contributed by atoms with van der Waals surface area (Å²) in [6.45, 7) is 9.39. The Morgan fingerprint density at radius 3 is 2.33 bits per heavy atom. The Kier molecular flexibility index (Phi) is 1.92. The Hall–Kier alpha value is -0.0800. The number of fused-ring (bicyclic) bond motifs is 1. The molecule has 1 heterocycles. The van der Waals surface area contributed by atoms with Crippen LogP contribution in [-0.2, 0) is 0 Å². The molecular weight excluding hydrogens is 148 g/mol. The largest absolute Gasteiger partial charge is 0.327 e. The van der Waals surface area contributed by atoms with E-state index in [4.69, 9.17) is 5.73 Å². The van der Waals surface area contributed by atoms with Crippen molar-refractivity contribution in [3.05, 3.63) is 0 Å². The maximum absolute atomic E-state index is 6.04. The van der Waals surface area contributed by atoms with Crippen LogP contribution in [0, 0.1) is 17.8 Å². The van der Waals surface area contributed by atoms with Crippen LogP contribution in [-0.4, -0.2) is 30.1 Å². The fourth-order valence-electron chi connectivity index (χ4n) is 2.80. The van der Waals surface area contributed by atoms with Crippen molar-refractivity contribution in [3.8, 4) is 0 Å². The molecule has 0 aromatic heterocycles. The summed E-state index contributed by atoms with van der Waals surface area (Å²) in [6.07, 6.45) is 0. The second-order valence-corrected chi connectivity index (χ2v) is 4.81. The molecule has 1 aliphatic heterocycles. The van der Waals surface area contributed by atoms with Crippen molar-refractivity contribution >= 4 is 0 Å². The molecule has 0 radical (unpaired) electrons. The monoisotopic (exact) mass is 168 g/mol. The van der Waals surface area contributed by atoms with Crippen molar-refractivity contribution in [2.45, 2.75) is 32.9 Å². The molecule has 2 nitrogen and oxygen atoms in total. The van der Waals surface area contributed by atoms with Crippen molar-refractivity contribution in [2.75, 3.05) is 13.1 Å². The summed E-state index contributed by atoms with van der Waals surface area (Å²) >= 11 is 0. The van der Waals surface area contributed by atoms with Gasteiger partial charge in [-0.15, -0.1) is 0 Å². The lowest BCUT2D eigenvalue weighted by Gasteiger charge is -2.44. The van der Waals surface area contributed by atoms with Crippen LogP contribution in [0.4, 0.5) is 0 Å². The van der Waals surface area contributed by atoms with Crippen LogP contribution < -0.4 is 5.73 Å². The number of likely N-dealkylation sites (tertiary alicyclic amines) is 1. The first-order chi connectivity index (χ1) is 5.61. The minimum atomic E-state index is 0.485. The summed E-state index contributed by atoms with van der Waals surface area (Å²) in [5, 5.41) is 0. The number of hydrogen-bond donors (Lipinski definition) is 1. The van der Waals surface area contributed by atoms with Crippen molar-refractivity contribution < 1.29 is 0 Å². The highest BCUT2D eigenvalue weighted by Gasteiger charge is 2.50. The molecule has 1 saturated carbocycles. The van der Waals surface area contributed by atoms with Crippen LogP contribution in [0.15, 0.2) is 0 Å². The molecule has 2 aliphatic rings. The summed E-state index contributed by atoms with van der Waals surface area (Å²) in [4.78, 5) is 2.57. The van der Waals surface area contributed by atoms with Gasteiger partial charge in [-0.05, 0) is 31.6 Å². The summed E-state index contributed by atoms with van der Waals surface area (Å²) in [6, 6.07) is 1.19. The molecule has 0 bridgehead atoms. The standard InChI is InChI=1S/C10H20N2/c1-6(2)12-4-8-7(3)10(11)9(8)5-12/h6-10H,4-5,11H2,1-3H3/t7?,8?,9?,10-/m0/s1. The third kappa shape index (κ3) is 1.01. The number of nitrogens with zero attached hydrogens (tertiary/aromatic N) is 1. The zero-order valence-corrected chi connectivity index (χ0v) is 8.33. The Morgan fingerprint density at radius 1 is 1.25 bits per heavy atom. The summed E-state index contributed by atoms with van der Waals surface area (Å²) < 4.78 is 0. The van der Waals surface area contributed by atoms with E-state index in [1.807, 2.05) is 0 Å². The van der Waals surface area contributed by atoms with E-state index in [1.54, 1.807) is 0 Å². The van der Waals surface area contributed by atoms with Crippen molar-refractivity contribution in [1.29, 1.82) is 0 Å². The minimum absolute atomic E-state index is 0.485. The van der Waals surface area contributed by atoms with Gasteiger partial charge < -0.3 is 10.6 Å². The molecule has 4 atom stereocenters.